The summed E-state index contributed by atoms with van der Waals surface area (Å²) in [5.41, 5.74) is 7.67. The van der Waals surface area contributed by atoms with Crippen LogP contribution in [0.2, 0.25) is 0 Å². The minimum atomic E-state index is -0.586. The molecule has 1 fully saturated rings. The average Bonchev–Trinajstić information content (AvgIpc) is 3.41. The lowest BCUT2D eigenvalue weighted by Crippen LogP contribution is -2.49. The molecule has 4 rings (SSSR count). The highest BCUT2D eigenvalue weighted by molar-refractivity contribution is 5.99. The minimum absolute atomic E-state index is 0.0779. The van der Waals surface area contributed by atoms with Crippen molar-refractivity contribution < 1.29 is 4.79 Å². The van der Waals surface area contributed by atoms with Gasteiger partial charge in [0.2, 0.25) is 5.91 Å². The van der Waals surface area contributed by atoms with Gasteiger partial charge in [0.05, 0.1) is 6.54 Å². The number of aromatic amines is 1. The van der Waals surface area contributed by atoms with Gasteiger partial charge in [0.1, 0.15) is 5.82 Å². The molecule has 166 valence electrons. The molecular formula is C23H31N5O3. The number of anilines is 3. The summed E-state index contributed by atoms with van der Waals surface area (Å²) in [7, 11) is 0. The fraction of sp³-hybridized carbons (Fsp3) is 0.522. The summed E-state index contributed by atoms with van der Waals surface area (Å²) in [6, 6.07) is 8.02. The lowest BCUT2D eigenvalue weighted by Gasteiger charge is -2.32. The van der Waals surface area contributed by atoms with Crippen molar-refractivity contribution in [3.05, 3.63) is 50.7 Å². The van der Waals surface area contributed by atoms with Gasteiger partial charge >= 0.3 is 5.69 Å². The Morgan fingerprint density at radius 2 is 1.97 bits per heavy atom. The number of unbranched alkanes of at least 4 members (excludes halogenated alkanes) is 1. The van der Waals surface area contributed by atoms with E-state index in [1.165, 1.54) is 10.1 Å². The van der Waals surface area contributed by atoms with Gasteiger partial charge < -0.3 is 10.6 Å². The molecule has 1 saturated carbocycles. The van der Waals surface area contributed by atoms with Crippen molar-refractivity contribution in [2.75, 3.05) is 28.6 Å². The Morgan fingerprint density at radius 3 is 2.71 bits per heavy atom. The van der Waals surface area contributed by atoms with E-state index in [1.807, 2.05) is 25.1 Å². The van der Waals surface area contributed by atoms with Crippen LogP contribution in [0.25, 0.3) is 0 Å². The summed E-state index contributed by atoms with van der Waals surface area (Å²) in [5.74, 6) is -0.0641. The Morgan fingerprint density at radius 1 is 1.23 bits per heavy atom. The molecule has 0 bridgehead atoms. The van der Waals surface area contributed by atoms with E-state index in [4.69, 9.17) is 5.73 Å². The third kappa shape index (κ3) is 4.11. The molecule has 1 aliphatic carbocycles. The number of hydrogen-bond acceptors (Lipinski definition) is 5. The number of fused-ring (bicyclic) bond motifs is 1. The number of nitrogens with one attached hydrogen (secondary N) is 1. The molecule has 3 N–H and O–H groups in total. The van der Waals surface area contributed by atoms with Crippen LogP contribution in [0.15, 0.2) is 33.9 Å². The Kier molecular flexibility index (Phi) is 6.15. The lowest BCUT2D eigenvalue weighted by atomic mass is 10.1. The zero-order valence-electron chi connectivity index (χ0n) is 18.1. The van der Waals surface area contributed by atoms with Crippen molar-refractivity contribution in [3.63, 3.8) is 0 Å². The Balaban J connectivity index is 1.70. The molecule has 2 aliphatic rings. The molecule has 8 heteroatoms. The summed E-state index contributed by atoms with van der Waals surface area (Å²) in [4.78, 5) is 44.9. The molecule has 1 aliphatic heterocycles. The number of nitrogen functional groups attached to an aromatic ring is 1. The van der Waals surface area contributed by atoms with E-state index >= 15 is 0 Å². The molecule has 0 saturated heterocycles. The number of amides is 1. The Labute approximate surface area is 181 Å². The van der Waals surface area contributed by atoms with Gasteiger partial charge in [0, 0.05) is 24.8 Å². The standard InChI is InChI=1S/C23H31N5O3/c1-2-3-13-27-21(24)20(22(30)25-23(27)31)28(17-9-5-6-10-17)19(29)15-26-14-12-16-8-4-7-11-18(16)26/h4,7-8,11,17H,2-3,5-6,9-10,12-15,24H2,1H3,(H,25,30,31). The number of benzene rings is 1. The fourth-order valence-corrected chi connectivity index (χ4v) is 4.83. The third-order valence-electron chi connectivity index (χ3n) is 6.46. The van der Waals surface area contributed by atoms with Crippen molar-refractivity contribution in [1.29, 1.82) is 0 Å². The maximum Gasteiger partial charge on any atom is 0.330 e. The van der Waals surface area contributed by atoms with Crippen molar-refractivity contribution in [1.82, 2.24) is 9.55 Å². The first-order chi connectivity index (χ1) is 15.0. The van der Waals surface area contributed by atoms with Crippen LogP contribution < -0.4 is 26.8 Å². The van der Waals surface area contributed by atoms with Crippen LogP contribution in [0.3, 0.4) is 0 Å². The van der Waals surface area contributed by atoms with Crippen LogP contribution in [0, 0.1) is 0 Å². The summed E-state index contributed by atoms with van der Waals surface area (Å²) in [6.07, 6.45) is 6.22. The number of aromatic nitrogens is 2. The van der Waals surface area contributed by atoms with Gasteiger partial charge in [0.15, 0.2) is 5.69 Å². The van der Waals surface area contributed by atoms with Crippen LogP contribution in [-0.4, -0.2) is 34.6 Å². The van der Waals surface area contributed by atoms with Crippen LogP contribution in [0.4, 0.5) is 17.2 Å². The van der Waals surface area contributed by atoms with Crippen molar-refractivity contribution in [2.24, 2.45) is 0 Å². The van der Waals surface area contributed by atoms with E-state index in [-0.39, 0.29) is 30.0 Å². The number of nitrogens with two attached hydrogens (primary N) is 1. The highest BCUT2D eigenvalue weighted by Crippen LogP contribution is 2.31. The molecule has 8 nitrogen and oxygen atoms in total. The number of para-hydroxylation sites is 1. The summed E-state index contributed by atoms with van der Waals surface area (Å²) >= 11 is 0. The normalized spacial score (nSPS) is 16.0. The lowest BCUT2D eigenvalue weighted by molar-refractivity contribution is -0.117. The Hall–Kier alpha value is -3.03. The van der Waals surface area contributed by atoms with Crippen LogP contribution >= 0.6 is 0 Å². The average molecular weight is 426 g/mol. The number of nitrogens with zero attached hydrogens (tertiary/aromatic N) is 3. The second-order valence-corrected chi connectivity index (χ2v) is 8.50. The molecule has 0 radical (unpaired) electrons. The van der Waals surface area contributed by atoms with Crippen molar-refractivity contribution in [3.8, 4) is 0 Å². The van der Waals surface area contributed by atoms with Gasteiger partial charge in [-0.15, -0.1) is 0 Å². The van der Waals surface area contributed by atoms with Gasteiger partial charge in [-0.1, -0.05) is 44.4 Å². The predicted molar refractivity (Wildman–Crippen MR) is 123 cm³/mol. The largest absolute Gasteiger partial charge is 0.383 e. The number of H-pyrrole nitrogens is 1. The number of hydrogen-bond donors (Lipinski definition) is 2. The SMILES string of the molecule is CCCCn1c(N)c(N(C(=O)CN2CCc3ccccc32)C2CCCC2)c(=O)[nH]c1=O. The summed E-state index contributed by atoms with van der Waals surface area (Å²) in [5, 5.41) is 0. The molecule has 0 spiro atoms. The topological polar surface area (TPSA) is 104 Å². The first-order valence-electron chi connectivity index (χ1n) is 11.3. The zero-order valence-corrected chi connectivity index (χ0v) is 18.1. The van der Waals surface area contributed by atoms with E-state index in [2.05, 4.69) is 16.0 Å². The van der Waals surface area contributed by atoms with Crippen LogP contribution in [0.5, 0.6) is 0 Å². The maximum atomic E-state index is 13.6. The van der Waals surface area contributed by atoms with Gasteiger partial charge in [-0.2, -0.15) is 0 Å². The molecule has 0 atom stereocenters. The fourth-order valence-electron chi connectivity index (χ4n) is 4.83. The highest BCUT2D eigenvalue weighted by Gasteiger charge is 2.34. The number of carbonyl (C=O) groups is 1. The number of rotatable bonds is 7. The van der Waals surface area contributed by atoms with Crippen LogP contribution in [0.1, 0.15) is 51.0 Å². The summed E-state index contributed by atoms with van der Waals surface area (Å²) < 4.78 is 1.39. The highest BCUT2D eigenvalue weighted by atomic mass is 16.2. The monoisotopic (exact) mass is 425 g/mol. The predicted octanol–water partition coefficient (Wildman–Crippen LogP) is 2.26. The van der Waals surface area contributed by atoms with E-state index < -0.39 is 11.2 Å². The van der Waals surface area contributed by atoms with E-state index in [9.17, 15) is 14.4 Å². The van der Waals surface area contributed by atoms with Crippen molar-refractivity contribution in [2.45, 2.75) is 64.5 Å². The van der Waals surface area contributed by atoms with Gasteiger partial charge in [-0.05, 0) is 37.3 Å². The molecule has 1 aromatic carbocycles. The van der Waals surface area contributed by atoms with Gasteiger partial charge in [-0.3, -0.25) is 24.0 Å². The molecule has 0 unspecified atom stereocenters. The molecular weight excluding hydrogens is 394 g/mol. The van der Waals surface area contributed by atoms with Crippen LogP contribution in [-0.2, 0) is 17.8 Å². The number of carbonyl (C=O) groups excluding carboxylic acids is 1. The molecule has 2 heterocycles. The van der Waals surface area contributed by atoms with Gasteiger partial charge in [-0.25, -0.2) is 4.79 Å². The minimum Gasteiger partial charge on any atom is -0.383 e. The molecule has 2 aromatic rings. The quantitative estimate of drug-likeness (QED) is 0.708. The third-order valence-corrected chi connectivity index (χ3v) is 6.46. The smallest absolute Gasteiger partial charge is 0.330 e. The van der Waals surface area contributed by atoms with Gasteiger partial charge in [0.25, 0.3) is 5.56 Å². The first kappa shape index (κ1) is 21.2. The van der Waals surface area contributed by atoms with E-state index in [0.717, 1.165) is 57.2 Å². The maximum absolute atomic E-state index is 13.6. The second-order valence-electron chi connectivity index (χ2n) is 8.50. The molecule has 31 heavy (non-hydrogen) atoms. The second kappa shape index (κ2) is 8.99. The first-order valence-corrected chi connectivity index (χ1v) is 11.3. The Bertz CT molecular complexity index is 1070. The molecule has 1 amide bonds. The van der Waals surface area contributed by atoms with E-state index in [1.54, 1.807) is 4.90 Å². The molecule has 1 aromatic heterocycles. The summed E-state index contributed by atoms with van der Waals surface area (Å²) in [6.45, 7) is 3.39. The zero-order chi connectivity index (χ0) is 22.0. The van der Waals surface area contributed by atoms with Crippen molar-refractivity contribution >= 4 is 23.1 Å². The van der Waals surface area contributed by atoms with E-state index in [0.29, 0.717) is 6.54 Å².